The van der Waals surface area contributed by atoms with Crippen LogP contribution in [0.25, 0.3) is 6.08 Å². The van der Waals surface area contributed by atoms with E-state index in [9.17, 15) is 4.79 Å². The molecule has 0 saturated carbocycles. The smallest absolute Gasteiger partial charge is 0.286 e. The summed E-state index contributed by atoms with van der Waals surface area (Å²) in [5.41, 5.74) is 0.686. The van der Waals surface area contributed by atoms with Crippen molar-refractivity contribution in [2.45, 2.75) is 6.54 Å². The fraction of sp³-hybridized carbons (Fsp3) is 0.143. The van der Waals surface area contributed by atoms with Crippen LogP contribution in [0.1, 0.15) is 10.6 Å². The molecule has 2 rings (SSSR count). The number of ether oxygens (including phenoxy) is 1. The third-order valence-electron chi connectivity index (χ3n) is 2.41. The van der Waals surface area contributed by atoms with Gasteiger partial charge in [-0.1, -0.05) is 12.1 Å². The first-order valence-electron chi connectivity index (χ1n) is 5.77. The van der Waals surface area contributed by atoms with E-state index in [2.05, 4.69) is 10.3 Å². The highest BCUT2D eigenvalue weighted by Crippen LogP contribution is 2.09. The van der Waals surface area contributed by atoms with Crippen LogP contribution >= 0.6 is 11.3 Å². The summed E-state index contributed by atoms with van der Waals surface area (Å²) >= 11 is 1.60. The fourth-order valence-corrected chi connectivity index (χ4v) is 2.13. The Kier molecular flexibility index (Phi) is 4.69. The summed E-state index contributed by atoms with van der Waals surface area (Å²) in [4.78, 5) is 17.2. The number of aromatic nitrogens is 1. The Bertz CT molecular complexity index is 550. The molecule has 1 amide bonds. The van der Waals surface area contributed by atoms with E-state index in [-0.39, 0.29) is 11.7 Å². The SMILES string of the molecule is CO/C(=C/c1ccccn1)C(=O)NCc1cccs1. The third-order valence-corrected chi connectivity index (χ3v) is 3.29. The summed E-state index contributed by atoms with van der Waals surface area (Å²) in [6.45, 7) is 0.499. The van der Waals surface area contributed by atoms with Gasteiger partial charge in [-0.3, -0.25) is 9.78 Å². The van der Waals surface area contributed by atoms with E-state index in [4.69, 9.17) is 4.74 Å². The number of methoxy groups -OCH3 is 1. The normalized spacial score (nSPS) is 11.1. The average Bonchev–Trinajstić information content (AvgIpc) is 2.96. The molecular formula is C14H14N2O2S. The molecule has 0 aliphatic carbocycles. The minimum Gasteiger partial charge on any atom is -0.491 e. The van der Waals surface area contributed by atoms with Crippen molar-refractivity contribution in [3.63, 3.8) is 0 Å². The van der Waals surface area contributed by atoms with Crippen molar-refractivity contribution in [2.75, 3.05) is 7.11 Å². The maximum absolute atomic E-state index is 11.9. The minimum atomic E-state index is -0.249. The van der Waals surface area contributed by atoms with Crippen LogP contribution in [0.2, 0.25) is 0 Å². The molecule has 0 aromatic carbocycles. The molecule has 19 heavy (non-hydrogen) atoms. The van der Waals surface area contributed by atoms with Crippen molar-refractivity contribution in [3.05, 3.63) is 58.2 Å². The van der Waals surface area contributed by atoms with Gasteiger partial charge >= 0.3 is 0 Å². The molecule has 1 N–H and O–H groups in total. The Morgan fingerprint density at radius 1 is 1.42 bits per heavy atom. The van der Waals surface area contributed by atoms with E-state index in [1.807, 2.05) is 35.7 Å². The molecule has 0 unspecified atom stereocenters. The lowest BCUT2D eigenvalue weighted by Crippen LogP contribution is -2.24. The van der Waals surface area contributed by atoms with Gasteiger partial charge in [0.25, 0.3) is 5.91 Å². The Hall–Kier alpha value is -2.14. The van der Waals surface area contributed by atoms with Gasteiger partial charge in [-0.2, -0.15) is 0 Å². The Labute approximate surface area is 115 Å². The highest BCUT2D eigenvalue weighted by atomic mass is 32.1. The number of hydrogen-bond acceptors (Lipinski definition) is 4. The van der Waals surface area contributed by atoms with E-state index >= 15 is 0 Å². The first-order valence-corrected chi connectivity index (χ1v) is 6.65. The fourth-order valence-electron chi connectivity index (χ4n) is 1.48. The lowest BCUT2D eigenvalue weighted by Gasteiger charge is -2.06. The maximum atomic E-state index is 11.9. The Morgan fingerprint density at radius 2 is 2.32 bits per heavy atom. The number of carbonyl (C=O) groups excluding carboxylic acids is 1. The zero-order chi connectivity index (χ0) is 13.5. The summed E-state index contributed by atoms with van der Waals surface area (Å²) in [5, 5.41) is 4.78. The summed E-state index contributed by atoms with van der Waals surface area (Å²) in [7, 11) is 1.47. The van der Waals surface area contributed by atoms with E-state index in [1.165, 1.54) is 7.11 Å². The lowest BCUT2D eigenvalue weighted by molar-refractivity contribution is -0.120. The second-order valence-electron chi connectivity index (χ2n) is 3.73. The predicted molar refractivity (Wildman–Crippen MR) is 75.4 cm³/mol. The number of pyridine rings is 1. The maximum Gasteiger partial charge on any atom is 0.286 e. The number of nitrogens with zero attached hydrogens (tertiary/aromatic N) is 1. The molecular weight excluding hydrogens is 260 g/mol. The molecule has 0 spiro atoms. The number of amides is 1. The zero-order valence-corrected chi connectivity index (χ0v) is 11.3. The van der Waals surface area contributed by atoms with Crippen LogP contribution in [0.3, 0.4) is 0 Å². The second kappa shape index (κ2) is 6.70. The van der Waals surface area contributed by atoms with Crippen LogP contribution in [0.4, 0.5) is 0 Å². The van der Waals surface area contributed by atoms with Crippen molar-refractivity contribution in [1.82, 2.24) is 10.3 Å². The lowest BCUT2D eigenvalue weighted by atomic mass is 10.3. The molecule has 0 radical (unpaired) electrons. The number of rotatable bonds is 5. The Balaban J connectivity index is 2.01. The molecule has 0 atom stereocenters. The van der Waals surface area contributed by atoms with Crippen molar-refractivity contribution < 1.29 is 9.53 Å². The molecule has 0 bridgehead atoms. The van der Waals surface area contributed by atoms with Gasteiger partial charge in [-0.25, -0.2) is 0 Å². The van der Waals surface area contributed by atoms with E-state index in [0.717, 1.165) is 4.88 Å². The van der Waals surface area contributed by atoms with Crippen LogP contribution in [0.5, 0.6) is 0 Å². The van der Waals surface area contributed by atoms with Gasteiger partial charge in [0.1, 0.15) is 0 Å². The predicted octanol–water partition coefficient (Wildman–Crippen LogP) is 2.45. The number of thiophene rings is 1. The molecule has 2 heterocycles. The first kappa shape index (κ1) is 13.3. The average molecular weight is 274 g/mol. The van der Waals surface area contributed by atoms with Crippen molar-refractivity contribution in [3.8, 4) is 0 Å². The van der Waals surface area contributed by atoms with Gasteiger partial charge in [0, 0.05) is 17.2 Å². The van der Waals surface area contributed by atoms with Crippen LogP contribution in [0.15, 0.2) is 47.7 Å². The van der Waals surface area contributed by atoms with E-state index < -0.39 is 0 Å². The summed E-state index contributed by atoms with van der Waals surface area (Å²) < 4.78 is 5.10. The van der Waals surface area contributed by atoms with Gasteiger partial charge in [-0.05, 0) is 23.6 Å². The third kappa shape index (κ3) is 3.93. The molecule has 0 aliphatic heterocycles. The topological polar surface area (TPSA) is 51.2 Å². The Morgan fingerprint density at radius 3 is 2.95 bits per heavy atom. The molecule has 0 aliphatic rings. The summed E-state index contributed by atoms with van der Waals surface area (Å²) in [5.74, 6) is -0.00295. The highest BCUT2D eigenvalue weighted by molar-refractivity contribution is 7.09. The monoisotopic (exact) mass is 274 g/mol. The van der Waals surface area contributed by atoms with Gasteiger partial charge in [0.15, 0.2) is 5.76 Å². The van der Waals surface area contributed by atoms with Crippen molar-refractivity contribution in [1.29, 1.82) is 0 Å². The van der Waals surface area contributed by atoms with Gasteiger partial charge in [0.05, 0.1) is 19.3 Å². The first-order chi connectivity index (χ1) is 9.29. The van der Waals surface area contributed by atoms with Gasteiger partial charge < -0.3 is 10.1 Å². The molecule has 4 nitrogen and oxygen atoms in total. The zero-order valence-electron chi connectivity index (χ0n) is 10.5. The molecule has 2 aromatic heterocycles. The van der Waals surface area contributed by atoms with Crippen LogP contribution in [-0.4, -0.2) is 18.0 Å². The standard InChI is InChI=1S/C14H14N2O2S/c1-18-13(9-11-5-2-3-7-15-11)14(17)16-10-12-6-4-8-19-12/h2-9H,10H2,1H3,(H,16,17)/b13-9+. The number of hydrogen-bond donors (Lipinski definition) is 1. The molecule has 2 aromatic rings. The van der Waals surface area contributed by atoms with Crippen molar-refractivity contribution in [2.24, 2.45) is 0 Å². The van der Waals surface area contributed by atoms with E-state index in [0.29, 0.717) is 12.2 Å². The molecule has 98 valence electrons. The highest BCUT2D eigenvalue weighted by Gasteiger charge is 2.09. The van der Waals surface area contributed by atoms with Crippen molar-refractivity contribution >= 4 is 23.3 Å². The van der Waals surface area contributed by atoms with Crippen LogP contribution in [-0.2, 0) is 16.1 Å². The van der Waals surface area contributed by atoms with Crippen LogP contribution < -0.4 is 5.32 Å². The quantitative estimate of drug-likeness (QED) is 0.673. The molecule has 0 fully saturated rings. The number of carbonyl (C=O) groups is 1. The summed E-state index contributed by atoms with van der Waals surface area (Å²) in [6.07, 6.45) is 3.28. The second-order valence-corrected chi connectivity index (χ2v) is 4.76. The largest absolute Gasteiger partial charge is 0.491 e. The number of nitrogens with one attached hydrogen (secondary N) is 1. The summed E-state index contributed by atoms with van der Waals surface area (Å²) in [6, 6.07) is 9.41. The molecule has 0 saturated heterocycles. The van der Waals surface area contributed by atoms with Gasteiger partial charge in [0.2, 0.25) is 0 Å². The van der Waals surface area contributed by atoms with Gasteiger partial charge in [-0.15, -0.1) is 11.3 Å². The minimum absolute atomic E-state index is 0.246. The molecule has 5 heteroatoms. The van der Waals surface area contributed by atoms with E-state index in [1.54, 1.807) is 23.6 Å². The van der Waals surface area contributed by atoms with Crippen LogP contribution in [0, 0.1) is 0 Å².